The quantitative estimate of drug-likeness (QED) is 0.661. The van der Waals surface area contributed by atoms with E-state index in [9.17, 15) is 23.2 Å². The summed E-state index contributed by atoms with van der Waals surface area (Å²) in [6.45, 7) is 1.77. The van der Waals surface area contributed by atoms with E-state index < -0.39 is 23.3 Å². The molecule has 1 aromatic carbocycles. The number of anilines is 2. The summed E-state index contributed by atoms with van der Waals surface area (Å²) < 4.78 is 41.2. The van der Waals surface area contributed by atoms with Gasteiger partial charge >= 0.3 is 6.18 Å². The Morgan fingerprint density at radius 1 is 1.33 bits per heavy atom. The molecule has 1 fully saturated rings. The molecule has 1 atom stereocenters. The minimum atomic E-state index is -4.69. The van der Waals surface area contributed by atoms with Crippen LogP contribution in [0.25, 0.3) is 10.2 Å². The molecule has 154 valence electrons. The van der Waals surface area contributed by atoms with E-state index in [2.05, 4.69) is 15.3 Å². The van der Waals surface area contributed by atoms with Crippen LogP contribution in [0.4, 0.5) is 24.1 Å². The number of pyridine rings is 1. The lowest BCUT2D eigenvalue weighted by Gasteiger charge is -2.26. The van der Waals surface area contributed by atoms with Crippen molar-refractivity contribution in [1.29, 1.82) is 5.26 Å². The number of hydrogen-bond acceptors (Lipinski definition) is 6. The molecule has 10 heteroatoms. The summed E-state index contributed by atoms with van der Waals surface area (Å²) in [7, 11) is 0. The van der Waals surface area contributed by atoms with Gasteiger partial charge in [-0.1, -0.05) is 23.5 Å². The highest BCUT2D eigenvalue weighted by molar-refractivity contribution is 7.22. The Kier molecular flexibility index (Phi) is 5.07. The van der Waals surface area contributed by atoms with E-state index in [4.69, 9.17) is 0 Å². The van der Waals surface area contributed by atoms with Crippen LogP contribution >= 0.6 is 11.3 Å². The van der Waals surface area contributed by atoms with E-state index >= 15 is 0 Å². The monoisotopic (exact) mass is 431 g/mol. The highest BCUT2D eigenvalue weighted by Gasteiger charge is 2.39. The summed E-state index contributed by atoms with van der Waals surface area (Å²) in [6, 6.07) is 9.19. The van der Waals surface area contributed by atoms with Crippen LogP contribution in [0.5, 0.6) is 0 Å². The van der Waals surface area contributed by atoms with E-state index in [-0.39, 0.29) is 17.4 Å². The van der Waals surface area contributed by atoms with E-state index in [1.54, 1.807) is 6.07 Å². The highest BCUT2D eigenvalue weighted by Crippen LogP contribution is 2.38. The molecule has 4 rings (SSSR count). The van der Waals surface area contributed by atoms with Crippen molar-refractivity contribution in [3.63, 3.8) is 0 Å². The number of amides is 1. The first-order valence-electron chi connectivity index (χ1n) is 9.20. The van der Waals surface area contributed by atoms with Gasteiger partial charge in [0.25, 0.3) is 0 Å². The number of nitrogens with one attached hydrogen (secondary N) is 1. The lowest BCUT2D eigenvalue weighted by Crippen LogP contribution is -2.40. The first kappa shape index (κ1) is 20.1. The van der Waals surface area contributed by atoms with Gasteiger partial charge in [0.2, 0.25) is 5.91 Å². The number of nitriles is 1. The zero-order valence-electron chi connectivity index (χ0n) is 15.8. The molecule has 1 aliphatic rings. The van der Waals surface area contributed by atoms with Gasteiger partial charge in [-0.25, -0.2) is 9.97 Å². The standard InChI is InChI=1S/C20H16F3N5OS/c1-11-9-13(20(21,22)23)12(10-24)17(25-11)28-8-4-6-15(28)18(29)27-19-26-14-5-2-3-7-16(14)30-19/h2-3,5,7,9,15H,4,6,8H2,1H3,(H,26,27,29). The van der Waals surface area contributed by atoms with Crippen molar-refractivity contribution < 1.29 is 18.0 Å². The predicted molar refractivity (Wildman–Crippen MR) is 107 cm³/mol. The Balaban J connectivity index is 1.66. The van der Waals surface area contributed by atoms with Crippen LogP contribution in [0.3, 0.4) is 0 Å². The number of hydrogen-bond donors (Lipinski definition) is 1. The van der Waals surface area contributed by atoms with E-state index in [0.29, 0.717) is 24.5 Å². The van der Waals surface area contributed by atoms with Crippen LogP contribution in [0, 0.1) is 18.3 Å². The minimum absolute atomic E-state index is 0.105. The molecular weight excluding hydrogens is 415 g/mol. The first-order valence-corrected chi connectivity index (χ1v) is 10.0. The van der Waals surface area contributed by atoms with Gasteiger partial charge in [0, 0.05) is 12.2 Å². The third kappa shape index (κ3) is 3.68. The molecule has 6 nitrogen and oxygen atoms in total. The number of carbonyl (C=O) groups excluding carboxylic acids is 1. The van der Waals surface area contributed by atoms with Gasteiger partial charge in [0.05, 0.1) is 15.8 Å². The fourth-order valence-electron chi connectivity index (χ4n) is 3.61. The fourth-order valence-corrected chi connectivity index (χ4v) is 4.47. The van der Waals surface area contributed by atoms with Crippen molar-refractivity contribution in [2.45, 2.75) is 32.0 Å². The predicted octanol–water partition coefficient (Wildman–Crippen LogP) is 4.50. The number of benzene rings is 1. The van der Waals surface area contributed by atoms with Crippen molar-refractivity contribution in [2.24, 2.45) is 0 Å². The first-order chi connectivity index (χ1) is 14.3. The second-order valence-electron chi connectivity index (χ2n) is 6.95. The number of aryl methyl sites for hydroxylation is 1. The Hall–Kier alpha value is -3.19. The number of carbonyl (C=O) groups is 1. The second-order valence-corrected chi connectivity index (χ2v) is 7.98. The number of rotatable bonds is 3. The number of para-hydroxylation sites is 1. The summed E-state index contributed by atoms with van der Waals surface area (Å²) in [6.07, 6.45) is -3.65. The molecule has 1 aliphatic heterocycles. The number of nitrogens with zero attached hydrogens (tertiary/aromatic N) is 4. The molecule has 3 heterocycles. The van der Waals surface area contributed by atoms with Gasteiger partial charge in [0.1, 0.15) is 23.5 Å². The van der Waals surface area contributed by atoms with Gasteiger partial charge in [-0.3, -0.25) is 4.79 Å². The molecule has 0 aliphatic carbocycles. The number of aromatic nitrogens is 2. The number of thiazole rings is 1. The minimum Gasteiger partial charge on any atom is -0.343 e. The zero-order chi connectivity index (χ0) is 21.5. The number of alkyl halides is 3. The molecule has 0 spiro atoms. The van der Waals surface area contributed by atoms with Crippen molar-refractivity contribution in [3.05, 3.63) is 47.2 Å². The van der Waals surface area contributed by atoms with Crippen molar-refractivity contribution in [2.75, 3.05) is 16.8 Å². The average molecular weight is 431 g/mol. The summed E-state index contributed by atoms with van der Waals surface area (Å²) in [5.41, 5.74) is -0.714. The van der Waals surface area contributed by atoms with Crippen LogP contribution in [0.1, 0.15) is 29.7 Å². The summed E-state index contributed by atoms with van der Waals surface area (Å²) in [5, 5.41) is 12.6. The van der Waals surface area contributed by atoms with Crippen LogP contribution in [-0.2, 0) is 11.0 Å². The Morgan fingerprint density at radius 2 is 2.10 bits per heavy atom. The third-order valence-electron chi connectivity index (χ3n) is 4.90. The SMILES string of the molecule is Cc1cc(C(F)(F)F)c(C#N)c(N2CCCC2C(=O)Nc2nc3ccccc3s2)n1. The van der Waals surface area contributed by atoms with Gasteiger partial charge in [-0.2, -0.15) is 18.4 Å². The number of fused-ring (bicyclic) bond motifs is 1. The Morgan fingerprint density at radius 3 is 2.80 bits per heavy atom. The van der Waals surface area contributed by atoms with Crippen LogP contribution in [0.2, 0.25) is 0 Å². The molecule has 3 aromatic rings. The molecule has 1 amide bonds. The van der Waals surface area contributed by atoms with E-state index in [0.717, 1.165) is 16.3 Å². The van der Waals surface area contributed by atoms with E-state index in [1.807, 2.05) is 24.3 Å². The smallest absolute Gasteiger partial charge is 0.343 e. The van der Waals surface area contributed by atoms with Crippen LogP contribution < -0.4 is 10.2 Å². The van der Waals surface area contributed by atoms with Crippen molar-refractivity contribution >= 4 is 38.4 Å². The highest BCUT2D eigenvalue weighted by atomic mass is 32.1. The summed E-state index contributed by atoms with van der Waals surface area (Å²) in [4.78, 5) is 23.0. The maximum atomic E-state index is 13.4. The number of halogens is 3. The van der Waals surface area contributed by atoms with Crippen molar-refractivity contribution in [3.8, 4) is 6.07 Å². The molecule has 0 saturated carbocycles. The van der Waals surface area contributed by atoms with E-state index in [1.165, 1.54) is 23.2 Å². The molecule has 1 N–H and O–H groups in total. The topological polar surface area (TPSA) is 81.9 Å². The average Bonchev–Trinajstić information content (AvgIpc) is 3.33. The molecule has 0 bridgehead atoms. The van der Waals surface area contributed by atoms with Crippen molar-refractivity contribution in [1.82, 2.24) is 9.97 Å². The summed E-state index contributed by atoms with van der Waals surface area (Å²) >= 11 is 1.32. The van der Waals surface area contributed by atoms with Crippen LogP contribution in [-0.4, -0.2) is 28.5 Å². The fraction of sp³-hybridized carbons (Fsp3) is 0.300. The molecule has 0 radical (unpaired) electrons. The molecule has 2 aromatic heterocycles. The van der Waals surface area contributed by atoms with Gasteiger partial charge in [-0.05, 0) is 38.0 Å². The maximum absolute atomic E-state index is 13.4. The normalized spacial score (nSPS) is 16.6. The van der Waals surface area contributed by atoms with Gasteiger partial charge in [0.15, 0.2) is 5.13 Å². The lowest BCUT2D eigenvalue weighted by atomic mass is 10.1. The Labute approximate surface area is 174 Å². The molecule has 1 unspecified atom stereocenters. The molecular formula is C20H16F3N5OS. The van der Waals surface area contributed by atoms with Gasteiger partial charge < -0.3 is 10.2 Å². The summed E-state index contributed by atoms with van der Waals surface area (Å²) in [5.74, 6) is -0.487. The largest absolute Gasteiger partial charge is 0.417 e. The lowest BCUT2D eigenvalue weighted by molar-refractivity contribution is -0.137. The zero-order valence-corrected chi connectivity index (χ0v) is 16.6. The molecule has 30 heavy (non-hydrogen) atoms. The third-order valence-corrected chi connectivity index (χ3v) is 5.85. The molecule has 1 saturated heterocycles. The van der Waals surface area contributed by atoms with Gasteiger partial charge in [-0.15, -0.1) is 0 Å². The maximum Gasteiger partial charge on any atom is 0.417 e. The van der Waals surface area contributed by atoms with Crippen LogP contribution in [0.15, 0.2) is 30.3 Å². The Bertz CT molecular complexity index is 1130. The second kappa shape index (κ2) is 7.57.